The SMILES string of the molecule is CN1C2CCC1CC(C(O)Cc1ccc3c(c1)CCC3)C2. The number of aliphatic hydroxyl groups excluding tert-OH is 1. The predicted octanol–water partition coefficient (Wildman–Crippen LogP) is 2.95. The van der Waals surface area contributed by atoms with Crippen molar-refractivity contribution in [1.82, 2.24) is 4.90 Å². The van der Waals surface area contributed by atoms with Crippen LogP contribution in [0.4, 0.5) is 0 Å². The Bertz CT molecular complexity index is 512. The van der Waals surface area contributed by atoms with Crippen molar-refractivity contribution in [1.29, 1.82) is 0 Å². The van der Waals surface area contributed by atoms with Gasteiger partial charge in [-0.1, -0.05) is 18.2 Å². The number of piperidine rings is 1. The summed E-state index contributed by atoms with van der Waals surface area (Å²) in [5.41, 5.74) is 4.41. The first-order chi connectivity index (χ1) is 10.2. The molecule has 2 fully saturated rings. The van der Waals surface area contributed by atoms with Gasteiger partial charge in [0.2, 0.25) is 0 Å². The number of benzene rings is 1. The van der Waals surface area contributed by atoms with Gasteiger partial charge < -0.3 is 10.0 Å². The second-order valence-corrected chi connectivity index (χ2v) is 7.51. The van der Waals surface area contributed by atoms with E-state index >= 15 is 0 Å². The van der Waals surface area contributed by atoms with Crippen LogP contribution in [0.2, 0.25) is 0 Å². The molecule has 0 saturated carbocycles. The number of aliphatic hydroxyl groups is 1. The van der Waals surface area contributed by atoms with Gasteiger partial charge in [0.25, 0.3) is 0 Å². The molecule has 0 radical (unpaired) electrons. The smallest absolute Gasteiger partial charge is 0.0609 e. The van der Waals surface area contributed by atoms with E-state index in [9.17, 15) is 5.11 Å². The number of nitrogens with zero attached hydrogens (tertiary/aromatic N) is 1. The Labute approximate surface area is 128 Å². The van der Waals surface area contributed by atoms with Crippen molar-refractivity contribution < 1.29 is 5.11 Å². The third-order valence-electron chi connectivity index (χ3n) is 6.29. The molecule has 1 N–H and O–H groups in total. The molecule has 1 aromatic carbocycles. The summed E-state index contributed by atoms with van der Waals surface area (Å²) in [4.78, 5) is 2.55. The van der Waals surface area contributed by atoms with Crippen LogP contribution in [0, 0.1) is 5.92 Å². The number of hydrogen-bond acceptors (Lipinski definition) is 2. The monoisotopic (exact) mass is 285 g/mol. The fourth-order valence-corrected chi connectivity index (χ4v) is 4.93. The van der Waals surface area contributed by atoms with Gasteiger partial charge in [-0.25, -0.2) is 0 Å². The molecule has 3 unspecified atom stereocenters. The molecule has 114 valence electrons. The number of fused-ring (bicyclic) bond motifs is 3. The zero-order chi connectivity index (χ0) is 14.4. The lowest BCUT2D eigenvalue weighted by Crippen LogP contribution is -2.43. The van der Waals surface area contributed by atoms with Gasteiger partial charge in [-0.15, -0.1) is 0 Å². The third-order valence-corrected chi connectivity index (χ3v) is 6.29. The summed E-state index contributed by atoms with van der Waals surface area (Å²) in [6.07, 6.45) is 9.54. The van der Waals surface area contributed by atoms with E-state index in [0.29, 0.717) is 5.92 Å². The van der Waals surface area contributed by atoms with Gasteiger partial charge in [0.05, 0.1) is 6.10 Å². The average Bonchev–Trinajstić information content (AvgIpc) is 2.99. The number of hydrogen-bond donors (Lipinski definition) is 1. The maximum absolute atomic E-state index is 10.7. The molecule has 3 atom stereocenters. The minimum Gasteiger partial charge on any atom is -0.392 e. The fourth-order valence-electron chi connectivity index (χ4n) is 4.93. The Hall–Kier alpha value is -0.860. The Balaban J connectivity index is 1.43. The van der Waals surface area contributed by atoms with E-state index in [2.05, 4.69) is 30.1 Å². The molecule has 2 aliphatic heterocycles. The average molecular weight is 285 g/mol. The van der Waals surface area contributed by atoms with Crippen molar-refractivity contribution >= 4 is 0 Å². The summed E-state index contributed by atoms with van der Waals surface area (Å²) in [6.45, 7) is 0. The normalized spacial score (nSPS) is 33.1. The van der Waals surface area contributed by atoms with Gasteiger partial charge in [-0.05, 0) is 81.0 Å². The van der Waals surface area contributed by atoms with E-state index in [4.69, 9.17) is 0 Å². The first-order valence-corrected chi connectivity index (χ1v) is 8.71. The molecule has 2 nitrogen and oxygen atoms in total. The molecule has 2 bridgehead atoms. The molecule has 3 aliphatic rings. The standard InChI is InChI=1S/C19H27NO/c1-20-17-7-8-18(20)12-16(11-17)19(21)10-13-5-6-14-3-2-4-15(14)9-13/h5-6,9,16-19,21H,2-4,7-8,10-12H2,1H3. The van der Waals surface area contributed by atoms with Crippen LogP contribution in [0.5, 0.6) is 0 Å². The minimum atomic E-state index is -0.152. The van der Waals surface area contributed by atoms with Crippen LogP contribution in [0.3, 0.4) is 0 Å². The second-order valence-electron chi connectivity index (χ2n) is 7.51. The van der Waals surface area contributed by atoms with E-state index in [1.165, 1.54) is 61.6 Å². The van der Waals surface area contributed by atoms with Crippen molar-refractivity contribution in [3.63, 3.8) is 0 Å². The van der Waals surface area contributed by atoms with Crippen LogP contribution in [-0.2, 0) is 19.3 Å². The Morgan fingerprint density at radius 1 is 1.14 bits per heavy atom. The Morgan fingerprint density at radius 2 is 1.86 bits per heavy atom. The summed E-state index contributed by atoms with van der Waals surface area (Å²) in [5, 5.41) is 10.7. The lowest BCUT2D eigenvalue weighted by Gasteiger charge is -2.38. The molecule has 0 amide bonds. The number of rotatable bonds is 3. The lowest BCUT2D eigenvalue weighted by atomic mass is 9.84. The second kappa shape index (κ2) is 5.40. The molecule has 1 aromatic rings. The maximum Gasteiger partial charge on any atom is 0.0609 e. The Morgan fingerprint density at radius 3 is 2.62 bits per heavy atom. The molecule has 2 heterocycles. The van der Waals surface area contributed by atoms with E-state index < -0.39 is 0 Å². The van der Waals surface area contributed by atoms with Crippen molar-refractivity contribution in [2.45, 2.75) is 69.6 Å². The first kappa shape index (κ1) is 13.8. The molecule has 4 rings (SSSR count). The van der Waals surface area contributed by atoms with E-state index in [-0.39, 0.29) is 6.10 Å². The first-order valence-electron chi connectivity index (χ1n) is 8.71. The quantitative estimate of drug-likeness (QED) is 0.923. The van der Waals surface area contributed by atoms with Crippen molar-refractivity contribution in [2.24, 2.45) is 5.92 Å². The van der Waals surface area contributed by atoms with Gasteiger partial charge >= 0.3 is 0 Å². The summed E-state index contributed by atoms with van der Waals surface area (Å²) in [7, 11) is 2.27. The fraction of sp³-hybridized carbons (Fsp3) is 0.684. The highest BCUT2D eigenvalue weighted by Gasteiger charge is 2.40. The summed E-state index contributed by atoms with van der Waals surface area (Å²) >= 11 is 0. The molecule has 1 aliphatic carbocycles. The molecule has 2 saturated heterocycles. The topological polar surface area (TPSA) is 23.5 Å². The van der Waals surface area contributed by atoms with E-state index in [0.717, 1.165) is 18.5 Å². The van der Waals surface area contributed by atoms with Gasteiger partial charge in [0, 0.05) is 12.1 Å². The molecular formula is C19H27NO. The zero-order valence-electron chi connectivity index (χ0n) is 13.1. The van der Waals surface area contributed by atoms with Crippen molar-refractivity contribution in [3.8, 4) is 0 Å². The summed E-state index contributed by atoms with van der Waals surface area (Å²) < 4.78 is 0. The zero-order valence-corrected chi connectivity index (χ0v) is 13.1. The van der Waals surface area contributed by atoms with Crippen molar-refractivity contribution in [2.75, 3.05) is 7.05 Å². The lowest BCUT2D eigenvalue weighted by molar-refractivity contribution is 0.0368. The van der Waals surface area contributed by atoms with Gasteiger partial charge in [-0.2, -0.15) is 0 Å². The largest absolute Gasteiger partial charge is 0.392 e. The highest BCUT2D eigenvalue weighted by Crippen LogP contribution is 2.39. The maximum atomic E-state index is 10.7. The van der Waals surface area contributed by atoms with E-state index in [1.54, 1.807) is 0 Å². The molecule has 0 spiro atoms. The number of aryl methyl sites for hydroxylation is 2. The molecular weight excluding hydrogens is 258 g/mol. The highest BCUT2D eigenvalue weighted by molar-refractivity contribution is 5.35. The van der Waals surface area contributed by atoms with Gasteiger partial charge in [0.15, 0.2) is 0 Å². The molecule has 21 heavy (non-hydrogen) atoms. The van der Waals surface area contributed by atoms with Gasteiger partial charge in [0.1, 0.15) is 0 Å². The van der Waals surface area contributed by atoms with Crippen LogP contribution in [0.15, 0.2) is 18.2 Å². The third kappa shape index (κ3) is 2.53. The minimum absolute atomic E-state index is 0.152. The van der Waals surface area contributed by atoms with Gasteiger partial charge in [-0.3, -0.25) is 0 Å². The van der Waals surface area contributed by atoms with Crippen LogP contribution in [0.1, 0.15) is 48.8 Å². The van der Waals surface area contributed by atoms with Crippen LogP contribution in [-0.4, -0.2) is 35.2 Å². The van der Waals surface area contributed by atoms with Crippen LogP contribution in [0.25, 0.3) is 0 Å². The Kier molecular flexibility index (Phi) is 3.55. The molecule has 2 heteroatoms. The van der Waals surface area contributed by atoms with Crippen LogP contribution < -0.4 is 0 Å². The summed E-state index contributed by atoms with van der Waals surface area (Å²) in [5.74, 6) is 0.506. The van der Waals surface area contributed by atoms with Crippen LogP contribution >= 0.6 is 0 Å². The predicted molar refractivity (Wildman–Crippen MR) is 85.5 cm³/mol. The summed E-state index contributed by atoms with van der Waals surface area (Å²) in [6, 6.07) is 8.35. The van der Waals surface area contributed by atoms with Crippen molar-refractivity contribution in [3.05, 3.63) is 34.9 Å². The molecule has 0 aromatic heterocycles. The highest BCUT2D eigenvalue weighted by atomic mass is 16.3. The van der Waals surface area contributed by atoms with E-state index in [1.807, 2.05) is 0 Å².